The first kappa shape index (κ1) is 11.9. The van der Waals surface area contributed by atoms with E-state index in [1.54, 1.807) is 4.90 Å². The molecule has 0 radical (unpaired) electrons. The van der Waals surface area contributed by atoms with E-state index in [1.807, 2.05) is 0 Å². The number of aromatic nitrogens is 2. The molecular weight excluding hydrogens is 242 g/mol. The second kappa shape index (κ2) is 4.71. The van der Waals surface area contributed by atoms with Gasteiger partial charge in [0.15, 0.2) is 0 Å². The molecule has 1 aromatic rings. The van der Waals surface area contributed by atoms with Crippen LogP contribution in [0.2, 0.25) is 0 Å². The lowest BCUT2D eigenvalue weighted by molar-refractivity contribution is -0.117. The Morgan fingerprint density at radius 2 is 2.31 bits per heavy atom. The molecule has 88 valence electrons. The molecule has 16 heavy (non-hydrogen) atoms. The van der Waals surface area contributed by atoms with Gasteiger partial charge in [-0.15, -0.1) is 10.2 Å². The normalized spacial score (nSPS) is 21.1. The van der Waals surface area contributed by atoms with Gasteiger partial charge in [0.25, 0.3) is 0 Å². The van der Waals surface area contributed by atoms with Crippen LogP contribution in [0.4, 0.5) is 5.13 Å². The van der Waals surface area contributed by atoms with Gasteiger partial charge in [-0.2, -0.15) is 12.6 Å². The van der Waals surface area contributed by atoms with Crippen molar-refractivity contribution < 1.29 is 4.79 Å². The number of nitrogens with zero attached hydrogens (tertiary/aromatic N) is 3. The van der Waals surface area contributed by atoms with Gasteiger partial charge in [-0.05, 0) is 5.92 Å². The summed E-state index contributed by atoms with van der Waals surface area (Å²) in [4.78, 5) is 13.3. The second-order valence-corrected chi connectivity index (χ2v) is 6.21. The Morgan fingerprint density at radius 3 is 2.88 bits per heavy atom. The molecule has 1 fully saturated rings. The first-order valence-corrected chi connectivity index (χ1v) is 6.70. The van der Waals surface area contributed by atoms with Crippen molar-refractivity contribution in [1.29, 1.82) is 0 Å². The van der Waals surface area contributed by atoms with Crippen molar-refractivity contribution in [2.75, 3.05) is 11.4 Å². The third kappa shape index (κ3) is 2.55. The highest BCUT2D eigenvalue weighted by atomic mass is 32.1. The lowest BCUT2D eigenvalue weighted by atomic mass is 10.1. The van der Waals surface area contributed by atoms with Crippen LogP contribution in [-0.4, -0.2) is 27.9 Å². The van der Waals surface area contributed by atoms with E-state index in [2.05, 4.69) is 36.7 Å². The maximum atomic E-state index is 11.6. The molecule has 0 saturated carbocycles. The number of thiol groups is 1. The number of carbonyl (C=O) groups is 1. The molecule has 2 heterocycles. The molecule has 0 bridgehead atoms. The van der Waals surface area contributed by atoms with Gasteiger partial charge in [0, 0.05) is 24.6 Å². The summed E-state index contributed by atoms with van der Waals surface area (Å²) < 4.78 is 0. The van der Waals surface area contributed by atoms with Gasteiger partial charge in [-0.25, -0.2) is 0 Å². The minimum atomic E-state index is 0.104. The van der Waals surface area contributed by atoms with E-state index in [4.69, 9.17) is 0 Å². The second-order valence-electron chi connectivity index (χ2n) is 4.44. The molecule has 0 aromatic carbocycles. The third-order valence-corrected chi connectivity index (χ3v) is 3.69. The predicted molar refractivity (Wildman–Crippen MR) is 68.2 cm³/mol. The van der Waals surface area contributed by atoms with E-state index in [1.165, 1.54) is 11.3 Å². The van der Waals surface area contributed by atoms with Gasteiger partial charge in [0.1, 0.15) is 5.01 Å². The van der Waals surface area contributed by atoms with Gasteiger partial charge >= 0.3 is 0 Å². The van der Waals surface area contributed by atoms with E-state index in [-0.39, 0.29) is 11.2 Å². The summed E-state index contributed by atoms with van der Waals surface area (Å²) in [5, 5.41) is 10.0. The molecule has 0 spiro atoms. The summed E-state index contributed by atoms with van der Waals surface area (Å²) in [6.45, 7) is 4.94. The average molecular weight is 257 g/mol. The highest BCUT2D eigenvalue weighted by Gasteiger charge is 2.30. The number of hydrogen-bond donors (Lipinski definition) is 1. The fourth-order valence-corrected chi connectivity index (χ4v) is 3.06. The average Bonchev–Trinajstić information content (AvgIpc) is 2.72. The number of amides is 1. The topological polar surface area (TPSA) is 46.1 Å². The zero-order valence-corrected chi connectivity index (χ0v) is 11.1. The SMILES string of the molecule is CC(C)Cc1nnc(N2CC(S)CC2=O)s1. The molecule has 0 N–H and O–H groups in total. The maximum Gasteiger partial charge on any atom is 0.230 e. The minimum absolute atomic E-state index is 0.104. The number of hydrogen-bond acceptors (Lipinski definition) is 5. The van der Waals surface area contributed by atoms with Crippen LogP contribution in [0.25, 0.3) is 0 Å². The third-order valence-electron chi connectivity index (χ3n) is 2.37. The lowest BCUT2D eigenvalue weighted by Gasteiger charge is -2.09. The van der Waals surface area contributed by atoms with Crippen molar-refractivity contribution in [2.24, 2.45) is 5.92 Å². The monoisotopic (exact) mass is 257 g/mol. The zero-order chi connectivity index (χ0) is 11.7. The van der Waals surface area contributed by atoms with E-state index in [9.17, 15) is 4.79 Å². The molecule has 1 aliphatic heterocycles. The van der Waals surface area contributed by atoms with Crippen molar-refractivity contribution in [1.82, 2.24) is 10.2 Å². The van der Waals surface area contributed by atoms with Crippen LogP contribution in [0.1, 0.15) is 25.3 Å². The highest BCUT2D eigenvalue weighted by Crippen LogP contribution is 2.27. The molecule has 2 rings (SSSR count). The van der Waals surface area contributed by atoms with E-state index in [0.29, 0.717) is 18.9 Å². The van der Waals surface area contributed by atoms with Gasteiger partial charge in [-0.3, -0.25) is 9.69 Å². The Bertz CT molecular complexity index is 391. The number of anilines is 1. The first-order chi connectivity index (χ1) is 7.56. The molecule has 4 nitrogen and oxygen atoms in total. The molecule has 1 aliphatic rings. The summed E-state index contributed by atoms with van der Waals surface area (Å²) in [5.41, 5.74) is 0. The minimum Gasteiger partial charge on any atom is -0.286 e. The fourth-order valence-electron chi connectivity index (χ4n) is 1.66. The summed E-state index contributed by atoms with van der Waals surface area (Å²) >= 11 is 5.83. The van der Waals surface area contributed by atoms with Crippen molar-refractivity contribution >= 4 is 35.0 Å². The molecule has 1 unspecified atom stereocenters. The Kier molecular flexibility index (Phi) is 3.49. The summed E-state index contributed by atoms with van der Waals surface area (Å²) in [6.07, 6.45) is 1.42. The van der Waals surface area contributed by atoms with Crippen molar-refractivity contribution in [3.8, 4) is 0 Å². The summed E-state index contributed by atoms with van der Waals surface area (Å²) in [5.74, 6) is 0.667. The van der Waals surface area contributed by atoms with Crippen LogP contribution in [0, 0.1) is 5.92 Å². The Labute approximate surface area is 104 Å². The van der Waals surface area contributed by atoms with Crippen LogP contribution < -0.4 is 4.90 Å². The Hall–Kier alpha value is -0.620. The van der Waals surface area contributed by atoms with Gasteiger partial charge in [-0.1, -0.05) is 25.2 Å². The van der Waals surface area contributed by atoms with Gasteiger partial charge in [0.2, 0.25) is 11.0 Å². The van der Waals surface area contributed by atoms with Crippen LogP contribution >= 0.6 is 24.0 Å². The van der Waals surface area contributed by atoms with E-state index >= 15 is 0 Å². The van der Waals surface area contributed by atoms with Crippen molar-refractivity contribution in [2.45, 2.75) is 31.9 Å². The van der Waals surface area contributed by atoms with Crippen molar-refractivity contribution in [3.05, 3.63) is 5.01 Å². The largest absolute Gasteiger partial charge is 0.286 e. The Morgan fingerprint density at radius 1 is 1.56 bits per heavy atom. The van der Waals surface area contributed by atoms with E-state index in [0.717, 1.165) is 16.6 Å². The van der Waals surface area contributed by atoms with Gasteiger partial charge in [0.05, 0.1) is 0 Å². The summed E-state index contributed by atoms with van der Waals surface area (Å²) in [6, 6.07) is 0. The Balaban J connectivity index is 2.10. The fraction of sp³-hybridized carbons (Fsp3) is 0.700. The molecule has 1 aromatic heterocycles. The van der Waals surface area contributed by atoms with E-state index < -0.39 is 0 Å². The lowest BCUT2D eigenvalue weighted by Crippen LogP contribution is -2.24. The zero-order valence-electron chi connectivity index (χ0n) is 9.38. The van der Waals surface area contributed by atoms with Crippen LogP contribution in [0.5, 0.6) is 0 Å². The molecule has 1 atom stereocenters. The number of carbonyl (C=O) groups excluding carboxylic acids is 1. The highest BCUT2D eigenvalue weighted by molar-refractivity contribution is 7.81. The standard InChI is InChI=1S/C10H15N3OS2/c1-6(2)3-8-11-12-10(16-8)13-5-7(15)4-9(13)14/h6-7,15H,3-5H2,1-2H3. The smallest absolute Gasteiger partial charge is 0.230 e. The molecule has 1 amide bonds. The molecule has 1 saturated heterocycles. The van der Waals surface area contributed by atoms with Crippen molar-refractivity contribution in [3.63, 3.8) is 0 Å². The molecular formula is C10H15N3OS2. The van der Waals surface area contributed by atoms with Crippen LogP contribution in [-0.2, 0) is 11.2 Å². The van der Waals surface area contributed by atoms with Crippen LogP contribution in [0.3, 0.4) is 0 Å². The molecule has 6 heteroatoms. The predicted octanol–water partition coefficient (Wildman–Crippen LogP) is 1.77. The first-order valence-electron chi connectivity index (χ1n) is 5.37. The van der Waals surface area contributed by atoms with Gasteiger partial charge < -0.3 is 0 Å². The maximum absolute atomic E-state index is 11.6. The van der Waals surface area contributed by atoms with Crippen LogP contribution in [0.15, 0.2) is 0 Å². The summed E-state index contributed by atoms with van der Waals surface area (Å²) in [7, 11) is 0. The molecule has 0 aliphatic carbocycles. The quantitative estimate of drug-likeness (QED) is 0.840. The number of rotatable bonds is 3.